The summed E-state index contributed by atoms with van der Waals surface area (Å²) >= 11 is 0. The molecular formula is C28H26O5. The minimum absolute atomic E-state index is 0.0117. The Labute approximate surface area is 193 Å². The first kappa shape index (κ1) is 21.3. The summed E-state index contributed by atoms with van der Waals surface area (Å²) in [4.78, 5) is 23.8. The third kappa shape index (κ3) is 3.99. The van der Waals surface area contributed by atoms with Gasteiger partial charge in [-0.15, -0.1) is 0 Å². The Morgan fingerprint density at radius 1 is 1.00 bits per heavy atom. The Bertz CT molecular complexity index is 1230. The predicted octanol–water partition coefficient (Wildman–Crippen LogP) is 5.66. The van der Waals surface area contributed by atoms with E-state index in [1.54, 1.807) is 6.92 Å². The number of carbonyl (C=O) groups is 2. The van der Waals surface area contributed by atoms with Gasteiger partial charge in [-0.25, -0.2) is 0 Å². The highest BCUT2D eigenvalue weighted by Crippen LogP contribution is 2.43. The Morgan fingerprint density at radius 3 is 2.64 bits per heavy atom. The first-order valence-corrected chi connectivity index (χ1v) is 11.3. The van der Waals surface area contributed by atoms with Crippen molar-refractivity contribution in [2.24, 2.45) is 0 Å². The number of esters is 1. The van der Waals surface area contributed by atoms with Crippen LogP contribution < -0.4 is 9.47 Å². The fourth-order valence-corrected chi connectivity index (χ4v) is 4.96. The normalized spacial score (nSPS) is 18.2. The number of benzene rings is 3. The first-order chi connectivity index (χ1) is 16.0. The van der Waals surface area contributed by atoms with Crippen LogP contribution in [0.2, 0.25) is 0 Å². The van der Waals surface area contributed by atoms with Gasteiger partial charge in [-0.2, -0.15) is 0 Å². The van der Waals surface area contributed by atoms with E-state index in [4.69, 9.17) is 14.2 Å². The fourth-order valence-electron chi connectivity index (χ4n) is 4.96. The minimum atomic E-state index is -0.235. The zero-order valence-corrected chi connectivity index (χ0v) is 18.8. The quantitative estimate of drug-likeness (QED) is 0.364. The molecule has 0 saturated carbocycles. The summed E-state index contributed by atoms with van der Waals surface area (Å²) < 4.78 is 17.0. The number of methoxy groups -OCH3 is 1. The second kappa shape index (κ2) is 8.74. The molecule has 1 aliphatic heterocycles. The number of ether oxygens (including phenoxy) is 3. The molecule has 1 aliphatic carbocycles. The van der Waals surface area contributed by atoms with Crippen molar-refractivity contribution in [3.8, 4) is 22.6 Å². The summed E-state index contributed by atoms with van der Waals surface area (Å²) in [5.74, 6) is 1.36. The van der Waals surface area contributed by atoms with E-state index < -0.39 is 0 Å². The van der Waals surface area contributed by atoms with Crippen LogP contribution in [0.3, 0.4) is 0 Å². The number of ketones is 1. The molecule has 3 aromatic rings. The maximum atomic E-state index is 12.2. The highest BCUT2D eigenvalue weighted by Gasteiger charge is 2.30. The second-order valence-corrected chi connectivity index (χ2v) is 8.61. The molecule has 0 saturated heterocycles. The Kier molecular flexibility index (Phi) is 5.63. The van der Waals surface area contributed by atoms with E-state index >= 15 is 0 Å². The van der Waals surface area contributed by atoms with Gasteiger partial charge in [0, 0.05) is 23.1 Å². The standard InChI is InChI=1S/C28H26O5/c1-17(29)20-6-3-4-7-22(20)23-8-5-9-25-24(23)12-13-26(25)33-19-10-11-21-18(14-28(30)31-2)16-32-27(21)15-19/h3-11,15,18,26H,12-14,16H2,1-2H3/t18-,26-/m1/s1. The van der Waals surface area contributed by atoms with Gasteiger partial charge in [0.1, 0.15) is 17.6 Å². The Balaban J connectivity index is 1.39. The Hall–Kier alpha value is -3.60. The molecule has 168 valence electrons. The lowest BCUT2D eigenvalue weighted by atomic mass is 9.92. The average molecular weight is 443 g/mol. The molecule has 5 heteroatoms. The molecule has 0 spiro atoms. The predicted molar refractivity (Wildman–Crippen MR) is 125 cm³/mol. The molecule has 0 amide bonds. The molecule has 2 aliphatic rings. The van der Waals surface area contributed by atoms with E-state index in [1.165, 1.54) is 12.7 Å². The summed E-state index contributed by atoms with van der Waals surface area (Å²) in [5, 5.41) is 0. The molecule has 1 heterocycles. The lowest BCUT2D eigenvalue weighted by Gasteiger charge is -2.17. The van der Waals surface area contributed by atoms with Crippen molar-refractivity contribution in [2.75, 3.05) is 13.7 Å². The third-order valence-corrected chi connectivity index (χ3v) is 6.60. The van der Waals surface area contributed by atoms with Gasteiger partial charge in [0.2, 0.25) is 0 Å². The number of hydrogen-bond donors (Lipinski definition) is 0. The summed E-state index contributed by atoms with van der Waals surface area (Å²) in [6.45, 7) is 2.08. The minimum Gasteiger partial charge on any atom is -0.492 e. The number of fused-ring (bicyclic) bond motifs is 2. The van der Waals surface area contributed by atoms with Crippen LogP contribution in [0.5, 0.6) is 11.5 Å². The molecule has 0 N–H and O–H groups in total. The number of hydrogen-bond acceptors (Lipinski definition) is 5. The number of Topliss-reactive ketones (excluding diaryl/α,β-unsaturated/α-hetero) is 1. The SMILES string of the molecule is COC(=O)C[C@@H]1COc2cc(O[C@@H]3CCc4c(-c5ccccc5C(C)=O)cccc43)ccc21. The topological polar surface area (TPSA) is 61.8 Å². The molecule has 0 radical (unpaired) electrons. The highest BCUT2D eigenvalue weighted by atomic mass is 16.5. The van der Waals surface area contributed by atoms with E-state index in [-0.39, 0.29) is 23.8 Å². The van der Waals surface area contributed by atoms with Crippen molar-refractivity contribution in [3.05, 3.63) is 82.9 Å². The summed E-state index contributed by atoms with van der Waals surface area (Å²) in [7, 11) is 1.40. The molecule has 2 atom stereocenters. The second-order valence-electron chi connectivity index (χ2n) is 8.61. The first-order valence-electron chi connectivity index (χ1n) is 11.3. The van der Waals surface area contributed by atoms with Crippen LogP contribution in [0.15, 0.2) is 60.7 Å². The summed E-state index contributed by atoms with van der Waals surface area (Å²) in [6.07, 6.45) is 2.02. The van der Waals surface area contributed by atoms with Gasteiger partial charge in [-0.05, 0) is 48.1 Å². The van der Waals surface area contributed by atoms with Gasteiger partial charge < -0.3 is 14.2 Å². The van der Waals surface area contributed by atoms with Crippen molar-refractivity contribution >= 4 is 11.8 Å². The van der Waals surface area contributed by atoms with Crippen molar-refractivity contribution in [1.82, 2.24) is 0 Å². The largest absolute Gasteiger partial charge is 0.492 e. The zero-order valence-electron chi connectivity index (χ0n) is 18.8. The molecule has 0 aromatic heterocycles. The van der Waals surface area contributed by atoms with Crippen molar-refractivity contribution in [2.45, 2.75) is 38.2 Å². The fraction of sp³-hybridized carbons (Fsp3) is 0.286. The van der Waals surface area contributed by atoms with Crippen molar-refractivity contribution in [3.63, 3.8) is 0 Å². The molecule has 5 rings (SSSR count). The smallest absolute Gasteiger partial charge is 0.306 e. The molecule has 0 bridgehead atoms. The van der Waals surface area contributed by atoms with Gasteiger partial charge in [0.05, 0.1) is 20.1 Å². The molecule has 5 nitrogen and oxygen atoms in total. The maximum Gasteiger partial charge on any atom is 0.306 e. The van der Waals surface area contributed by atoms with E-state index in [1.807, 2.05) is 48.5 Å². The van der Waals surface area contributed by atoms with Crippen LogP contribution in [0.4, 0.5) is 0 Å². The lowest BCUT2D eigenvalue weighted by Crippen LogP contribution is -2.09. The van der Waals surface area contributed by atoms with Crippen LogP contribution in [0.25, 0.3) is 11.1 Å². The van der Waals surface area contributed by atoms with Gasteiger partial charge >= 0.3 is 5.97 Å². The van der Waals surface area contributed by atoms with Crippen LogP contribution >= 0.6 is 0 Å². The van der Waals surface area contributed by atoms with E-state index in [9.17, 15) is 9.59 Å². The summed E-state index contributed by atoms with van der Waals surface area (Å²) in [6, 6.07) is 19.9. The van der Waals surface area contributed by atoms with Gasteiger partial charge in [0.25, 0.3) is 0 Å². The molecular weight excluding hydrogens is 416 g/mol. The zero-order chi connectivity index (χ0) is 22.9. The number of rotatable bonds is 6. The van der Waals surface area contributed by atoms with Crippen molar-refractivity contribution < 1.29 is 23.8 Å². The molecule has 0 fully saturated rings. The number of carbonyl (C=O) groups excluding carboxylic acids is 2. The van der Waals surface area contributed by atoms with E-state index in [2.05, 4.69) is 12.1 Å². The van der Waals surface area contributed by atoms with Crippen LogP contribution in [0, 0.1) is 0 Å². The monoisotopic (exact) mass is 442 g/mol. The molecule has 3 aromatic carbocycles. The van der Waals surface area contributed by atoms with Gasteiger partial charge in [0.15, 0.2) is 5.78 Å². The van der Waals surface area contributed by atoms with Gasteiger partial charge in [-0.1, -0.05) is 48.5 Å². The third-order valence-electron chi connectivity index (χ3n) is 6.60. The van der Waals surface area contributed by atoms with Crippen LogP contribution in [-0.2, 0) is 16.0 Å². The molecule has 33 heavy (non-hydrogen) atoms. The van der Waals surface area contributed by atoms with E-state index in [0.29, 0.717) is 13.0 Å². The lowest BCUT2D eigenvalue weighted by molar-refractivity contribution is -0.141. The molecule has 0 unspecified atom stereocenters. The van der Waals surface area contributed by atoms with Gasteiger partial charge in [-0.3, -0.25) is 9.59 Å². The maximum absolute atomic E-state index is 12.2. The Morgan fingerprint density at radius 2 is 1.82 bits per heavy atom. The average Bonchev–Trinajstić information content (AvgIpc) is 3.43. The highest BCUT2D eigenvalue weighted by molar-refractivity contribution is 6.01. The van der Waals surface area contributed by atoms with Crippen LogP contribution in [-0.4, -0.2) is 25.5 Å². The van der Waals surface area contributed by atoms with Crippen LogP contribution in [0.1, 0.15) is 58.8 Å². The van der Waals surface area contributed by atoms with Crippen molar-refractivity contribution in [1.29, 1.82) is 0 Å². The van der Waals surface area contributed by atoms with E-state index in [0.717, 1.165) is 52.2 Å². The summed E-state index contributed by atoms with van der Waals surface area (Å²) in [5.41, 5.74) is 6.25.